The molecule has 266 valence electrons. The SMILES string of the molecule is Cc1nn(-c2cccc(Oc3ccc4c5cc(C(C)C(C)C(C)(C)C)ccc5n(-c5cc(CCC(C)C)ccn5)c4c3)c2)c(C)c1-c1ccccc1. The van der Waals surface area contributed by atoms with Crippen LogP contribution in [-0.4, -0.2) is 19.3 Å². The van der Waals surface area contributed by atoms with Crippen LogP contribution in [0.15, 0.2) is 109 Å². The van der Waals surface area contributed by atoms with Crippen molar-refractivity contribution >= 4 is 21.8 Å². The molecule has 3 aromatic heterocycles. The molecule has 52 heavy (non-hydrogen) atoms. The molecule has 2 unspecified atom stereocenters. The van der Waals surface area contributed by atoms with Gasteiger partial charge in [0.15, 0.2) is 0 Å². The molecular formula is C47H52N4O. The number of rotatable bonds is 10. The first-order valence-electron chi connectivity index (χ1n) is 18.8. The van der Waals surface area contributed by atoms with Crippen molar-refractivity contribution in [3.63, 3.8) is 0 Å². The molecule has 0 saturated heterocycles. The number of hydrogen-bond acceptors (Lipinski definition) is 3. The molecule has 7 aromatic rings. The predicted molar refractivity (Wildman–Crippen MR) is 217 cm³/mol. The van der Waals surface area contributed by atoms with Gasteiger partial charge in [-0.3, -0.25) is 4.57 Å². The van der Waals surface area contributed by atoms with Crippen LogP contribution in [0.2, 0.25) is 0 Å². The lowest BCUT2D eigenvalue weighted by Gasteiger charge is -2.32. The second-order valence-electron chi connectivity index (χ2n) is 16.1. The Kier molecular flexibility index (Phi) is 9.56. The second-order valence-corrected chi connectivity index (χ2v) is 16.1. The summed E-state index contributed by atoms with van der Waals surface area (Å²) in [6.07, 6.45) is 4.13. The Balaban J connectivity index is 1.30. The summed E-state index contributed by atoms with van der Waals surface area (Å²) < 4.78 is 11.0. The van der Waals surface area contributed by atoms with Gasteiger partial charge in [-0.25, -0.2) is 9.67 Å². The molecule has 0 amide bonds. The summed E-state index contributed by atoms with van der Waals surface area (Å²) in [7, 11) is 0. The van der Waals surface area contributed by atoms with Crippen molar-refractivity contribution in [1.29, 1.82) is 0 Å². The highest BCUT2D eigenvalue weighted by Gasteiger charge is 2.27. The average molecular weight is 689 g/mol. The van der Waals surface area contributed by atoms with Crippen LogP contribution < -0.4 is 4.74 Å². The Bertz CT molecular complexity index is 2360. The number of benzene rings is 4. The van der Waals surface area contributed by atoms with Crippen LogP contribution in [0, 0.1) is 31.1 Å². The second kappa shape index (κ2) is 14.1. The first-order valence-corrected chi connectivity index (χ1v) is 18.8. The Hall–Kier alpha value is -5.16. The summed E-state index contributed by atoms with van der Waals surface area (Å²) in [6, 6.07) is 36.6. The monoisotopic (exact) mass is 688 g/mol. The van der Waals surface area contributed by atoms with Gasteiger partial charge in [0.25, 0.3) is 0 Å². The van der Waals surface area contributed by atoms with E-state index >= 15 is 0 Å². The minimum Gasteiger partial charge on any atom is -0.457 e. The van der Waals surface area contributed by atoms with Crippen molar-refractivity contribution in [2.45, 2.75) is 81.1 Å². The van der Waals surface area contributed by atoms with Crippen molar-refractivity contribution in [1.82, 2.24) is 19.3 Å². The Morgan fingerprint density at radius 1 is 0.731 bits per heavy atom. The van der Waals surface area contributed by atoms with Gasteiger partial charge in [-0.2, -0.15) is 5.10 Å². The predicted octanol–water partition coefficient (Wildman–Crippen LogP) is 12.8. The molecule has 0 saturated carbocycles. The lowest BCUT2D eigenvalue weighted by Crippen LogP contribution is -2.22. The van der Waals surface area contributed by atoms with Crippen LogP contribution in [0.3, 0.4) is 0 Å². The lowest BCUT2D eigenvalue weighted by molar-refractivity contribution is 0.228. The molecule has 0 fully saturated rings. The Morgan fingerprint density at radius 2 is 1.50 bits per heavy atom. The maximum atomic E-state index is 6.64. The zero-order valence-corrected chi connectivity index (χ0v) is 32.2. The molecule has 5 heteroatoms. The summed E-state index contributed by atoms with van der Waals surface area (Å²) in [6.45, 7) is 20.5. The topological polar surface area (TPSA) is 44.9 Å². The number of aryl methyl sites for hydroxylation is 2. The minimum atomic E-state index is 0.214. The van der Waals surface area contributed by atoms with Gasteiger partial charge in [0.1, 0.15) is 17.3 Å². The van der Waals surface area contributed by atoms with E-state index in [9.17, 15) is 0 Å². The highest BCUT2D eigenvalue weighted by atomic mass is 16.5. The van der Waals surface area contributed by atoms with Crippen molar-refractivity contribution in [3.05, 3.63) is 132 Å². The number of nitrogens with zero attached hydrogens (tertiary/aromatic N) is 4. The molecule has 0 aliphatic rings. The maximum Gasteiger partial charge on any atom is 0.137 e. The maximum absolute atomic E-state index is 6.64. The first-order chi connectivity index (χ1) is 24.9. The molecular weight excluding hydrogens is 637 g/mol. The van der Waals surface area contributed by atoms with Gasteiger partial charge in [-0.15, -0.1) is 0 Å². The molecule has 5 nitrogen and oxygen atoms in total. The normalized spacial score (nSPS) is 13.3. The minimum absolute atomic E-state index is 0.214. The fourth-order valence-electron chi connectivity index (χ4n) is 7.58. The zero-order chi connectivity index (χ0) is 36.7. The molecule has 0 spiro atoms. The first kappa shape index (κ1) is 35.3. The molecule has 4 aromatic carbocycles. The quantitative estimate of drug-likeness (QED) is 0.144. The summed E-state index contributed by atoms with van der Waals surface area (Å²) in [4.78, 5) is 4.94. The van der Waals surface area contributed by atoms with Crippen LogP contribution in [-0.2, 0) is 6.42 Å². The van der Waals surface area contributed by atoms with E-state index in [0.29, 0.717) is 17.8 Å². The van der Waals surface area contributed by atoms with Gasteiger partial charge < -0.3 is 4.74 Å². The van der Waals surface area contributed by atoms with Crippen molar-refractivity contribution in [3.8, 4) is 34.1 Å². The molecule has 0 radical (unpaired) electrons. The summed E-state index contributed by atoms with van der Waals surface area (Å²) in [5.74, 6) is 4.05. The number of ether oxygens (including phenoxy) is 1. The highest BCUT2D eigenvalue weighted by molar-refractivity contribution is 6.09. The van der Waals surface area contributed by atoms with Gasteiger partial charge in [-0.05, 0) is 115 Å². The van der Waals surface area contributed by atoms with E-state index < -0.39 is 0 Å². The summed E-state index contributed by atoms with van der Waals surface area (Å²) in [5.41, 5.74) is 10.5. The third-order valence-electron chi connectivity index (χ3n) is 11.1. The number of fused-ring (bicyclic) bond motifs is 3. The van der Waals surface area contributed by atoms with Gasteiger partial charge in [-0.1, -0.05) is 90.9 Å². The molecule has 2 atom stereocenters. The smallest absolute Gasteiger partial charge is 0.137 e. The van der Waals surface area contributed by atoms with Gasteiger partial charge in [0, 0.05) is 40.4 Å². The molecule has 7 rings (SSSR count). The third kappa shape index (κ3) is 6.89. The van der Waals surface area contributed by atoms with Crippen LogP contribution >= 0.6 is 0 Å². The summed E-state index contributed by atoms with van der Waals surface area (Å²) in [5, 5.41) is 7.37. The van der Waals surface area contributed by atoms with Crippen molar-refractivity contribution < 1.29 is 4.74 Å². The van der Waals surface area contributed by atoms with E-state index in [4.69, 9.17) is 14.8 Å². The molecule has 0 aliphatic carbocycles. The van der Waals surface area contributed by atoms with E-state index in [0.717, 1.165) is 63.8 Å². The lowest BCUT2D eigenvalue weighted by atomic mass is 9.72. The van der Waals surface area contributed by atoms with E-state index in [1.54, 1.807) is 0 Å². The van der Waals surface area contributed by atoms with Crippen molar-refractivity contribution in [2.75, 3.05) is 0 Å². The molecule has 0 N–H and O–H groups in total. The average Bonchev–Trinajstić information content (AvgIpc) is 3.62. The fourth-order valence-corrected chi connectivity index (χ4v) is 7.58. The molecule has 0 aliphatic heterocycles. The van der Waals surface area contributed by atoms with E-state index in [1.165, 1.54) is 27.5 Å². The van der Waals surface area contributed by atoms with E-state index in [2.05, 4.69) is 152 Å². The van der Waals surface area contributed by atoms with E-state index in [1.807, 2.05) is 29.1 Å². The van der Waals surface area contributed by atoms with Gasteiger partial charge in [0.2, 0.25) is 0 Å². The van der Waals surface area contributed by atoms with Crippen LogP contribution in [0.1, 0.15) is 83.3 Å². The number of aromatic nitrogens is 4. The Labute approximate surface area is 309 Å². The van der Waals surface area contributed by atoms with Crippen LogP contribution in [0.5, 0.6) is 11.5 Å². The number of pyridine rings is 1. The molecule has 0 bridgehead atoms. The third-order valence-corrected chi connectivity index (χ3v) is 11.1. The van der Waals surface area contributed by atoms with E-state index in [-0.39, 0.29) is 5.41 Å². The van der Waals surface area contributed by atoms with Gasteiger partial charge in [0.05, 0.1) is 22.4 Å². The van der Waals surface area contributed by atoms with Gasteiger partial charge >= 0.3 is 0 Å². The summed E-state index contributed by atoms with van der Waals surface area (Å²) >= 11 is 0. The largest absolute Gasteiger partial charge is 0.457 e. The highest BCUT2D eigenvalue weighted by Crippen LogP contribution is 2.41. The fraction of sp³-hybridized carbons (Fsp3) is 0.319. The van der Waals surface area contributed by atoms with Crippen LogP contribution in [0.4, 0.5) is 0 Å². The molecule has 3 heterocycles. The standard InChI is InChI=1S/C47H52N4O/c1-30(2)18-19-35-24-25-48-45(26-35)50-43-23-20-37(31(3)32(4)47(7,8)9)27-42(43)41-22-21-40(29-44(41)50)52-39-17-13-16-38(28-39)51-34(6)46(33(5)49-51)36-14-11-10-12-15-36/h10-17,20-32H,18-19H2,1-9H3. The van der Waals surface area contributed by atoms with Crippen molar-refractivity contribution in [2.24, 2.45) is 17.3 Å². The van der Waals surface area contributed by atoms with Crippen LogP contribution in [0.25, 0.3) is 44.4 Å². The Morgan fingerprint density at radius 3 is 2.25 bits per heavy atom. The number of hydrogen-bond donors (Lipinski definition) is 0. The zero-order valence-electron chi connectivity index (χ0n) is 32.2.